The molecule has 6 heteroatoms. The van der Waals surface area contributed by atoms with Gasteiger partial charge < -0.3 is 9.84 Å². The molecule has 3 rings (SSSR count). The number of benzene rings is 2. The van der Waals surface area contributed by atoms with Crippen LogP contribution in [-0.2, 0) is 22.6 Å². The Morgan fingerprint density at radius 3 is 2.48 bits per heavy atom. The Morgan fingerprint density at radius 2 is 1.76 bits per heavy atom. The van der Waals surface area contributed by atoms with Gasteiger partial charge in [0.25, 0.3) is 5.56 Å². The van der Waals surface area contributed by atoms with E-state index in [2.05, 4.69) is 10.2 Å². The Kier molecular flexibility index (Phi) is 5.20. The molecule has 1 atom stereocenters. The zero-order chi connectivity index (χ0) is 17.6. The zero-order valence-corrected chi connectivity index (χ0v) is 13.5. The standard InChI is InChI=1S/C19H18N2O4/c22-18-15-9-5-4-8-14(15)16(20-21-18)10-11-17(19(23)24)25-12-13-6-2-1-3-7-13/h1-9,17H,10-12H2,(H,21,22)(H,23,24). The second-order valence-electron chi connectivity index (χ2n) is 5.71. The Labute approximate surface area is 144 Å². The summed E-state index contributed by atoms with van der Waals surface area (Å²) in [5, 5.41) is 17.2. The summed E-state index contributed by atoms with van der Waals surface area (Å²) in [6.07, 6.45) is -0.276. The minimum absolute atomic E-state index is 0.234. The van der Waals surface area contributed by atoms with Crippen LogP contribution < -0.4 is 5.56 Å². The monoisotopic (exact) mass is 338 g/mol. The highest BCUT2D eigenvalue weighted by Gasteiger charge is 2.19. The van der Waals surface area contributed by atoms with Gasteiger partial charge in [0, 0.05) is 5.39 Å². The summed E-state index contributed by atoms with van der Waals surface area (Å²) >= 11 is 0. The predicted octanol–water partition coefficient (Wildman–Crippen LogP) is 2.53. The first kappa shape index (κ1) is 16.9. The fourth-order valence-corrected chi connectivity index (χ4v) is 2.68. The van der Waals surface area contributed by atoms with Crippen LogP contribution in [0.1, 0.15) is 17.7 Å². The van der Waals surface area contributed by atoms with Crippen LogP contribution in [0.2, 0.25) is 0 Å². The fraction of sp³-hybridized carbons (Fsp3) is 0.211. The summed E-state index contributed by atoms with van der Waals surface area (Å²) in [7, 11) is 0. The topological polar surface area (TPSA) is 92.3 Å². The molecule has 0 aliphatic rings. The Morgan fingerprint density at radius 1 is 1.08 bits per heavy atom. The minimum atomic E-state index is -1.01. The van der Waals surface area contributed by atoms with E-state index in [0.717, 1.165) is 10.9 Å². The molecule has 2 aromatic carbocycles. The molecule has 6 nitrogen and oxygen atoms in total. The third kappa shape index (κ3) is 4.10. The van der Waals surface area contributed by atoms with Crippen molar-refractivity contribution in [2.45, 2.75) is 25.6 Å². The number of carbonyl (C=O) groups is 1. The van der Waals surface area contributed by atoms with Gasteiger partial charge in [-0.05, 0) is 24.5 Å². The molecule has 25 heavy (non-hydrogen) atoms. The van der Waals surface area contributed by atoms with Gasteiger partial charge in [0.2, 0.25) is 0 Å². The second kappa shape index (κ2) is 7.72. The Hall–Kier alpha value is -2.99. The molecule has 0 amide bonds. The summed E-state index contributed by atoms with van der Waals surface area (Å²) < 4.78 is 5.55. The number of nitrogens with one attached hydrogen (secondary N) is 1. The second-order valence-corrected chi connectivity index (χ2v) is 5.71. The zero-order valence-electron chi connectivity index (χ0n) is 13.5. The highest BCUT2D eigenvalue weighted by atomic mass is 16.5. The molecule has 128 valence electrons. The minimum Gasteiger partial charge on any atom is -0.479 e. The molecule has 0 saturated carbocycles. The number of carboxylic acids is 1. The number of aryl methyl sites for hydroxylation is 1. The number of nitrogens with zero attached hydrogens (tertiary/aromatic N) is 1. The maximum absolute atomic E-state index is 11.8. The first-order valence-electron chi connectivity index (χ1n) is 8.00. The number of fused-ring (bicyclic) bond motifs is 1. The van der Waals surface area contributed by atoms with Crippen LogP contribution in [0.15, 0.2) is 59.4 Å². The lowest BCUT2D eigenvalue weighted by molar-refractivity contribution is -0.151. The molecule has 0 aliphatic carbocycles. The van der Waals surface area contributed by atoms with Crippen LogP contribution in [0.5, 0.6) is 0 Å². The summed E-state index contributed by atoms with van der Waals surface area (Å²) in [4.78, 5) is 23.3. The van der Waals surface area contributed by atoms with Gasteiger partial charge in [-0.3, -0.25) is 4.79 Å². The third-order valence-electron chi connectivity index (χ3n) is 3.99. The fourth-order valence-electron chi connectivity index (χ4n) is 2.68. The molecule has 1 unspecified atom stereocenters. The molecular formula is C19H18N2O4. The van der Waals surface area contributed by atoms with Crippen molar-refractivity contribution in [1.29, 1.82) is 0 Å². The number of hydrogen-bond donors (Lipinski definition) is 2. The number of aliphatic carboxylic acids is 1. The lowest BCUT2D eigenvalue weighted by atomic mass is 10.1. The molecule has 3 aromatic rings. The normalized spacial score (nSPS) is 12.2. The van der Waals surface area contributed by atoms with Crippen molar-refractivity contribution in [3.05, 3.63) is 76.2 Å². The van der Waals surface area contributed by atoms with E-state index in [0.29, 0.717) is 17.5 Å². The SMILES string of the molecule is O=C(O)C(CCc1n[nH]c(=O)c2ccccc12)OCc1ccccc1. The summed E-state index contributed by atoms with van der Waals surface area (Å²) in [6.45, 7) is 0.234. The van der Waals surface area contributed by atoms with Gasteiger partial charge in [-0.1, -0.05) is 48.5 Å². The highest BCUT2D eigenvalue weighted by molar-refractivity contribution is 5.83. The largest absolute Gasteiger partial charge is 0.479 e. The number of carboxylic acid groups (broad SMARTS) is 1. The molecule has 0 radical (unpaired) electrons. The molecule has 0 saturated heterocycles. The first-order chi connectivity index (χ1) is 12.1. The van der Waals surface area contributed by atoms with Crippen LogP contribution in [0.3, 0.4) is 0 Å². The molecule has 0 fully saturated rings. The Balaban J connectivity index is 1.71. The van der Waals surface area contributed by atoms with E-state index < -0.39 is 12.1 Å². The van der Waals surface area contributed by atoms with E-state index in [1.807, 2.05) is 42.5 Å². The maximum atomic E-state index is 11.8. The number of rotatable bonds is 7. The maximum Gasteiger partial charge on any atom is 0.332 e. The van der Waals surface area contributed by atoms with E-state index in [4.69, 9.17) is 4.74 Å². The number of hydrogen-bond acceptors (Lipinski definition) is 4. The summed E-state index contributed by atoms with van der Waals surface area (Å²) in [5.74, 6) is -1.01. The molecule has 1 heterocycles. The predicted molar refractivity (Wildman–Crippen MR) is 93.3 cm³/mol. The van der Waals surface area contributed by atoms with E-state index in [9.17, 15) is 14.7 Å². The van der Waals surface area contributed by atoms with Crippen molar-refractivity contribution in [2.75, 3.05) is 0 Å². The highest BCUT2D eigenvalue weighted by Crippen LogP contribution is 2.16. The lowest BCUT2D eigenvalue weighted by Crippen LogP contribution is -2.25. The quantitative estimate of drug-likeness (QED) is 0.690. The van der Waals surface area contributed by atoms with Crippen LogP contribution in [0.4, 0.5) is 0 Å². The number of H-pyrrole nitrogens is 1. The number of ether oxygens (including phenoxy) is 1. The van der Waals surface area contributed by atoms with Gasteiger partial charge in [0.15, 0.2) is 6.10 Å². The van der Waals surface area contributed by atoms with Crippen molar-refractivity contribution in [3.63, 3.8) is 0 Å². The van der Waals surface area contributed by atoms with Crippen LogP contribution >= 0.6 is 0 Å². The first-order valence-corrected chi connectivity index (χ1v) is 8.00. The molecule has 0 spiro atoms. The van der Waals surface area contributed by atoms with Crippen LogP contribution in [0.25, 0.3) is 10.8 Å². The molecule has 0 aliphatic heterocycles. The Bertz CT molecular complexity index is 921. The number of aromatic amines is 1. The molecule has 0 bridgehead atoms. The third-order valence-corrected chi connectivity index (χ3v) is 3.99. The van der Waals surface area contributed by atoms with Crippen molar-refractivity contribution < 1.29 is 14.6 Å². The van der Waals surface area contributed by atoms with Crippen LogP contribution in [0, 0.1) is 0 Å². The van der Waals surface area contributed by atoms with Crippen LogP contribution in [-0.4, -0.2) is 27.4 Å². The average molecular weight is 338 g/mol. The van der Waals surface area contributed by atoms with Gasteiger partial charge in [-0.2, -0.15) is 5.10 Å². The summed E-state index contributed by atoms with van der Waals surface area (Å²) in [6, 6.07) is 16.6. The lowest BCUT2D eigenvalue weighted by Gasteiger charge is -2.14. The van der Waals surface area contributed by atoms with Gasteiger partial charge in [-0.15, -0.1) is 0 Å². The van der Waals surface area contributed by atoms with Gasteiger partial charge in [0.1, 0.15) is 0 Å². The van der Waals surface area contributed by atoms with Gasteiger partial charge in [-0.25, -0.2) is 9.89 Å². The van der Waals surface area contributed by atoms with Crippen molar-refractivity contribution in [2.24, 2.45) is 0 Å². The summed E-state index contributed by atoms with van der Waals surface area (Å²) in [5.41, 5.74) is 1.32. The van der Waals surface area contributed by atoms with E-state index in [1.165, 1.54) is 0 Å². The average Bonchev–Trinajstić information content (AvgIpc) is 2.64. The number of aromatic nitrogens is 2. The van der Waals surface area contributed by atoms with Crippen molar-refractivity contribution in [1.82, 2.24) is 10.2 Å². The van der Waals surface area contributed by atoms with Crippen molar-refractivity contribution in [3.8, 4) is 0 Å². The van der Waals surface area contributed by atoms with E-state index >= 15 is 0 Å². The smallest absolute Gasteiger partial charge is 0.332 e. The van der Waals surface area contributed by atoms with E-state index in [-0.39, 0.29) is 18.6 Å². The molecule has 1 aromatic heterocycles. The van der Waals surface area contributed by atoms with Gasteiger partial charge >= 0.3 is 5.97 Å². The van der Waals surface area contributed by atoms with E-state index in [1.54, 1.807) is 12.1 Å². The van der Waals surface area contributed by atoms with Crippen molar-refractivity contribution >= 4 is 16.7 Å². The molecule has 2 N–H and O–H groups in total. The molecular weight excluding hydrogens is 320 g/mol. The van der Waals surface area contributed by atoms with Gasteiger partial charge in [0.05, 0.1) is 17.7 Å².